The molecule has 2 fully saturated rings. The lowest BCUT2D eigenvalue weighted by Crippen LogP contribution is -2.39. The number of nitrogens with one attached hydrogen (secondary N) is 2. The Bertz CT molecular complexity index is 1360. The molecule has 2 aromatic heterocycles. The average Bonchev–Trinajstić information content (AvgIpc) is 3.31. The lowest BCUT2D eigenvalue weighted by atomic mass is 10.1. The first-order chi connectivity index (χ1) is 17.9. The minimum Gasteiger partial charge on any atom is -0.481 e. The van der Waals surface area contributed by atoms with E-state index in [1.807, 2.05) is 9.97 Å². The Labute approximate surface area is 210 Å². The Hall–Kier alpha value is -3.49. The molecule has 8 atom stereocenters. The molecule has 2 aliphatic rings. The number of aliphatic carboxylic acids is 1. The van der Waals surface area contributed by atoms with Crippen LogP contribution >= 0.6 is 0 Å². The van der Waals surface area contributed by atoms with Crippen molar-refractivity contribution in [1.82, 2.24) is 19.1 Å². The maximum Gasteiger partial charge on any atom is 0.330 e. The highest BCUT2D eigenvalue weighted by Gasteiger charge is 2.44. The summed E-state index contributed by atoms with van der Waals surface area (Å²) >= 11 is 0. The average molecular weight is 546 g/mol. The third-order valence-electron chi connectivity index (χ3n) is 5.82. The lowest BCUT2D eigenvalue weighted by Gasteiger charge is -2.17. The highest BCUT2D eigenvalue weighted by molar-refractivity contribution is 5.69. The van der Waals surface area contributed by atoms with Gasteiger partial charge in [-0.3, -0.25) is 33.5 Å². The van der Waals surface area contributed by atoms with Crippen molar-refractivity contribution in [3.63, 3.8) is 0 Å². The summed E-state index contributed by atoms with van der Waals surface area (Å²) in [5.74, 6) is -1.27. The summed E-state index contributed by atoms with van der Waals surface area (Å²) in [5.41, 5.74) is -3.32. The number of aromatic amines is 2. The van der Waals surface area contributed by atoms with Crippen LogP contribution in [0.1, 0.15) is 18.0 Å². The minimum atomic E-state index is -1.51. The zero-order valence-corrected chi connectivity index (χ0v) is 19.4. The van der Waals surface area contributed by atoms with Gasteiger partial charge in [-0.15, -0.1) is 0 Å². The molecular weight excluding hydrogens is 520 g/mol. The molecule has 0 aromatic carbocycles. The summed E-state index contributed by atoms with van der Waals surface area (Å²) < 4.78 is 12.0. The molecule has 0 amide bonds. The molecule has 2 aliphatic heterocycles. The van der Waals surface area contributed by atoms with Gasteiger partial charge in [0.05, 0.1) is 19.6 Å². The van der Waals surface area contributed by atoms with Gasteiger partial charge in [0.1, 0.15) is 36.6 Å². The third kappa shape index (κ3) is 5.97. The predicted octanol–water partition coefficient (Wildman–Crippen LogP) is -6.08. The molecule has 4 heterocycles. The van der Waals surface area contributed by atoms with Crippen LogP contribution in [0.15, 0.2) is 37.6 Å². The highest BCUT2D eigenvalue weighted by atomic mass is 16.6. The summed E-state index contributed by atoms with van der Waals surface area (Å²) in [7, 11) is 0. The molecule has 18 heteroatoms. The summed E-state index contributed by atoms with van der Waals surface area (Å²) in [5, 5.41) is 65.2. The molecule has 210 valence electrons. The van der Waals surface area contributed by atoms with E-state index >= 15 is 0 Å². The summed E-state index contributed by atoms with van der Waals surface area (Å²) in [4.78, 5) is 60.1. The first kappa shape index (κ1) is 29.1. The molecule has 2 aromatic rings. The molecular formula is C20H26N4O14. The number of aliphatic hydroxyl groups excluding tert-OH is 6. The van der Waals surface area contributed by atoms with E-state index in [4.69, 9.17) is 24.8 Å². The SMILES string of the molecule is O=C(O)Cc1cn([C@@H]2O[C@H](CO)[C@@H](O)[C@H]2O)c(=O)[nH]c1=O.O=c1ccn([C@@H]2O[C@H](CO)[C@@H](O)[C@H]2O)c(=O)[nH]1. The second kappa shape index (κ2) is 11.9. The van der Waals surface area contributed by atoms with Crippen LogP contribution in [0.4, 0.5) is 0 Å². The summed E-state index contributed by atoms with van der Waals surface area (Å²) in [6.07, 6.45) is -8.60. The van der Waals surface area contributed by atoms with E-state index in [1.54, 1.807) is 0 Å². The number of aliphatic hydroxyl groups is 6. The first-order valence-corrected chi connectivity index (χ1v) is 11.0. The fraction of sp³-hybridized carbons (Fsp3) is 0.550. The standard InChI is InChI=1S/C11H14N2O8.C9H12N2O6/c14-3-5-7(17)8(18)10(21-5)13-2-4(1-6(15)16)9(19)12-11(13)20;12-3-4-6(14)7(15)8(17-4)11-2-1-5(13)10-9(11)16/h2,5,7-8,10,14,17-18H,1,3H2,(H,15,16)(H,12,19,20);1-2,4,6-8,12,14-15H,3H2,(H,10,13,16)/t5-,7-,8-,10-;4-,6-,7-,8-/m11/s1. The minimum absolute atomic E-state index is 0.208. The monoisotopic (exact) mass is 546 g/mol. The molecule has 0 unspecified atom stereocenters. The number of rotatable bonds is 6. The third-order valence-corrected chi connectivity index (χ3v) is 5.82. The molecule has 0 spiro atoms. The van der Waals surface area contributed by atoms with Gasteiger partial charge in [0.2, 0.25) is 0 Å². The van der Waals surface area contributed by atoms with Gasteiger partial charge in [-0.2, -0.15) is 0 Å². The summed E-state index contributed by atoms with van der Waals surface area (Å²) in [6.45, 7) is -1.05. The highest BCUT2D eigenvalue weighted by Crippen LogP contribution is 2.28. The zero-order valence-electron chi connectivity index (χ0n) is 19.4. The van der Waals surface area contributed by atoms with Gasteiger partial charge in [-0.1, -0.05) is 0 Å². The van der Waals surface area contributed by atoms with Crippen LogP contribution in [0.2, 0.25) is 0 Å². The maximum atomic E-state index is 11.7. The van der Waals surface area contributed by atoms with Crippen molar-refractivity contribution >= 4 is 5.97 Å². The number of carbonyl (C=O) groups is 1. The van der Waals surface area contributed by atoms with E-state index in [0.717, 1.165) is 27.6 Å². The van der Waals surface area contributed by atoms with Gasteiger partial charge in [0.25, 0.3) is 11.1 Å². The van der Waals surface area contributed by atoms with E-state index in [-0.39, 0.29) is 5.56 Å². The lowest BCUT2D eigenvalue weighted by molar-refractivity contribution is -0.136. The fourth-order valence-electron chi connectivity index (χ4n) is 3.85. The van der Waals surface area contributed by atoms with Gasteiger partial charge in [-0.05, 0) is 0 Å². The normalized spacial score (nSPS) is 30.6. The molecule has 9 N–H and O–H groups in total. The number of ether oxygens (including phenoxy) is 2. The topological polar surface area (TPSA) is 287 Å². The van der Waals surface area contributed by atoms with Crippen molar-refractivity contribution in [1.29, 1.82) is 0 Å². The largest absolute Gasteiger partial charge is 0.481 e. The molecule has 38 heavy (non-hydrogen) atoms. The van der Waals surface area contributed by atoms with Crippen LogP contribution in [-0.4, -0.2) is 111 Å². The van der Waals surface area contributed by atoms with Gasteiger partial charge < -0.3 is 45.2 Å². The van der Waals surface area contributed by atoms with Crippen molar-refractivity contribution in [2.75, 3.05) is 13.2 Å². The molecule has 0 bridgehead atoms. The Morgan fingerprint density at radius 3 is 1.76 bits per heavy atom. The van der Waals surface area contributed by atoms with Gasteiger partial charge in [-0.25, -0.2) is 9.59 Å². The molecule has 2 saturated heterocycles. The van der Waals surface area contributed by atoms with Crippen LogP contribution in [-0.2, 0) is 20.7 Å². The van der Waals surface area contributed by atoms with Gasteiger partial charge in [0.15, 0.2) is 12.5 Å². The van der Waals surface area contributed by atoms with E-state index < -0.39 is 97.2 Å². The Kier molecular flexibility index (Phi) is 9.12. The van der Waals surface area contributed by atoms with E-state index in [1.165, 1.54) is 0 Å². The predicted molar refractivity (Wildman–Crippen MR) is 120 cm³/mol. The molecule has 0 saturated carbocycles. The van der Waals surface area contributed by atoms with Crippen LogP contribution in [0.3, 0.4) is 0 Å². The van der Waals surface area contributed by atoms with E-state index in [9.17, 15) is 44.4 Å². The number of carboxylic acids is 1. The van der Waals surface area contributed by atoms with Gasteiger partial charge in [0, 0.05) is 24.0 Å². The van der Waals surface area contributed by atoms with Crippen molar-refractivity contribution < 1.29 is 50.0 Å². The molecule has 4 rings (SSSR count). The van der Waals surface area contributed by atoms with E-state index in [2.05, 4.69) is 0 Å². The molecule has 18 nitrogen and oxygen atoms in total. The summed E-state index contributed by atoms with van der Waals surface area (Å²) in [6, 6.07) is 1.09. The Morgan fingerprint density at radius 2 is 1.32 bits per heavy atom. The number of carboxylic acid groups (broad SMARTS) is 1. The van der Waals surface area contributed by atoms with Crippen LogP contribution in [0.5, 0.6) is 0 Å². The quantitative estimate of drug-likeness (QED) is 0.163. The molecule has 0 radical (unpaired) electrons. The number of H-pyrrole nitrogens is 2. The van der Waals surface area contributed by atoms with Gasteiger partial charge >= 0.3 is 17.3 Å². The molecule has 0 aliphatic carbocycles. The van der Waals surface area contributed by atoms with E-state index in [0.29, 0.717) is 0 Å². The number of hydrogen-bond donors (Lipinski definition) is 9. The smallest absolute Gasteiger partial charge is 0.330 e. The second-order valence-electron chi connectivity index (χ2n) is 8.37. The zero-order chi connectivity index (χ0) is 28.3. The van der Waals surface area contributed by atoms with Crippen molar-refractivity contribution in [2.45, 2.75) is 55.5 Å². The maximum absolute atomic E-state index is 11.7. The van der Waals surface area contributed by atoms with Crippen molar-refractivity contribution in [3.8, 4) is 0 Å². The Balaban J connectivity index is 0.000000215. The van der Waals surface area contributed by atoms with Crippen LogP contribution in [0, 0.1) is 0 Å². The van der Waals surface area contributed by atoms with Crippen molar-refractivity contribution in [3.05, 3.63) is 65.7 Å². The first-order valence-electron chi connectivity index (χ1n) is 11.0. The Morgan fingerprint density at radius 1 is 0.816 bits per heavy atom. The van der Waals surface area contributed by atoms with Crippen molar-refractivity contribution in [2.24, 2.45) is 0 Å². The second-order valence-corrected chi connectivity index (χ2v) is 8.37. The van der Waals surface area contributed by atoms with Crippen LogP contribution < -0.4 is 22.5 Å². The fourth-order valence-corrected chi connectivity index (χ4v) is 3.85. The number of nitrogens with zero attached hydrogens (tertiary/aromatic N) is 2. The van der Waals surface area contributed by atoms with Crippen LogP contribution in [0.25, 0.3) is 0 Å². The number of hydrogen-bond acceptors (Lipinski definition) is 13. The number of aromatic nitrogens is 4.